The standard InChI is InChI=1S/C16H18N2O3/c1-9-3-5-11(6-4-9)14-17-15(21-18-14)12-7-10(2)8-13(12)16(19)20/h3-6,10,12-13H,7-8H2,1-2H3,(H,19,20). The van der Waals surface area contributed by atoms with Gasteiger partial charge >= 0.3 is 5.97 Å². The topological polar surface area (TPSA) is 76.2 Å². The number of aromatic nitrogens is 2. The summed E-state index contributed by atoms with van der Waals surface area (Å²) in [5.74, 6) is -0.0446. The molecule has 0 spiro atoms. The number of aliphatic carboxylic acids is 1. The Bertz CT molecular complexity index is 648. The average molecular weight is 286 g/mol. The highest BCUT2D eigenvalue weighted by Crippen LogP contribution is 2.42. The van der Waals surface area contributed by atoms with Crippen LogP contribution in [0.2, 0.25) is 0 Å². The molecule has 5 heteroatoms. The fraction of sp³-hybridized carbons (Fsp3) is 0.438. The average Bonchev–Trinajstić information content (AvgIpc) is 3.06. The van der Waals surface area contributed by atoms with Crippen LogP contribution in [0.25, 0.3) is 11.4 Å². The maximum absolute atomic E-state index is 11.4. The Hall–Kier alpha value is -2.17. The number of carboxylic acids is 1. The summed E-state index contributed by atoms with van der Waals surface area (Å²) in [4.78, 5) is 15.8. The van der Waals surface area contributed by atoms with Gasteiger partial charge in [0, 0.05) is 5.56 Å². The molecule has 1 saturated carbocycles. The smallest absolute Gasteiger partial charge is 0.307 e. The molecule has 110 valence electrons. The Labute approximate surface area is 123 Å². The summed E-state index contributed by atoms with van der Waals surface area (Å²) in [6.45, 7) is 4.08. The van der Waals surface area contributed by atoms with Crippen LogP contribution >= 0.6 is 0 Å². The second kappa shape index (κ2) is 5.31. The molecule has 1 aromatic carbocycles. The quantitative estimate of drug-likeness (QED) is 0.937. The van der Waals surface area contributed by atoms with Crippen molar-refractivity contribution in [1.82, 2.24) is 10.1 Å². The van der Waals surface area contributed by atoms with E-state index < -0.39 is 11.9 Å². The van der Waals surface area contributed by atoms with Crippen molar-refractivity contribution in [3.05, 3.63) is 35.7 Å². The first-order chi connectivity index (χ1) is 10.0. The largest absolute Gasteiger partial charge is 0.481 e. The minimum absolute atomic E-state index is 0.177. The van der Waals surface area contributed by atoms with E-state index in [-0.39, 0.29) is 5.92 Å². The SMILES string of the molecule is Cc1ccc(-c2noc(C3CC(C)CC3C(=O)O)n2)cc1. The lowest BCUT2D eigenvalue weighted by Crippen LogP contribution is -2.17. The molecule has 5 nitrogen and oxygen atoms in total. The van der Waals surface area contributed by atoms with Crippen molar-refractivity contribution in [1.29, 1.82) is 0 Å². The minimum Gasteiger partial charge on any atom is -0.481 e. The first-order valence-corrected chi connectivity index (χ1v) is 7.18. The van der Waals surface area contributed by atoms with Gasteiger partial charge in [-0.25, -0.2) is 0 Å². The lowest BCUT2D eigenvalue weighted by atomic mass is 9.96. The summed E-state index contributed by atoms with van der Waals surface area (Å²) >= 11 is 0. The van der Waals surface area contributed by atoms with Crippen molar-refractivity contribution in [2.24, 2.45) is 11.8 Å². The van der Waals surface area contributed by atoms with Gasteiger partial charge in [0.15, 0.2) is 0 Å². The molecule has 0 amide bonds. The van der Waals surface area contributed by atoms with Crippen LogP contribution in [-0.2, 0) is 4.79 Å². The fourth-order valence-corrected chi connectivity index (χ4v) is 3.04. The van der Waals surface area contributed by atoms with E-state index in [9.17, 15) is 9.90 Å². The first kappa shape index (κ1) is 13.8. The number of carboxylic acid groups (broad SMARTS) is 1. The van der Waals surface area contributed by atoms with E-state index in [0.717, 1.165) is 17.5 Å². The van der Waals surface area contributed by atoms with Crippen LogP contribution in [0.5, 0.6) is 0 Å². The van der Waals surface area contributed by atoms with Crippen LogP contribution in [0.1, 0.15) is 37.1 Å². The molecule has 21 heavy (non-hydrogen) atoms. The molecule has 0 aliphatic heterocycles. The lowest BCUT2D eigenvalue weighted by molar-refractivity contribution is -0.142. The van der Waals surface area contributed by atoms with Crippen LogP contribution in [0, 0.1) is 18.8 Å². The summed E-state index contributed by atoms with van der Waals surface area (Å²) in [6.07, 6.45) is 1.45. The van der Waals surface area contributed by atoms with Crippen LogP contribution in [0.4, 0.5) is 0 Å². The van der Waals surface area contributed by atoms with E-state index in [0.29, 0.717) is 24.1 Å². The van der Waals surface area contributed by atoms with Gasteiger partial charge in [0.2, 0.25) is 11.7 Å². The van der Waals surface area contributed by atoms with Gasteiger partial charge in [-0.15, -0.1) is 0 Å². The van der Waals surface area contributed by atoms with E-state index in [2.05, 4.69) is 17.1 Å². The van der Waals surface area contributed by atoms with Crippen molar-refractivity contribution < 1.29 is 14.4 Å². The zero-order chi connectivity index (χ0) is 15.0. The maximum atomic E-state index is 11.4. The summed E-state index contributed by atoms with van der Waals surface area (Å²) < 4.78 is 5.34. The zero-order valence-corrected chi connectivity index (χ0v) is 12.1. The highest BCUT2D eigenvalue weighted by molar-refractivity contribution is 5.71. The van der Waals surface area contributed by atoms with Gasteiger partial charge in [0.05, 0.1) is 11.8 Å². The molecule has 3 atom stereocenters. The Morgan fingerprint density at radius 2 is 2.00 bits per heavy atom. The van der Waals surface area contributed by atoms with Crippen LogP contribution < -0.4 is 0 Å². The van der Waals surface area contributed by atoms with Gasteiger partial charge in [0.25, 0.3) is 0 Å². The highest BCUT2D eigenvalue weighted by Gasteiger charge is 2.41. The van der Waals surface area contributed by atoms with E-state index in [1.165, 1.54) is 0 Å². The monoisotopic (exact) mass is 286 g/mol. The second-order valence-corrected chi connectivity index (χ2v) is 5.95. The third-order valence-corrected chi connectivity index (χ3v) is 4.18. The molecule has 1 fully saturated rings. The van der Waals surface area contributed by atoms with Crippen molar-refractivity contribution in [2.45, 2.75) is 32.6 Å². The molecule has 1 aliphatic carbocycles. The molecule has 0 saturated heterocycles. The predicted octanol–water partition coefficient (Wildman–Crippen LogP) is 3.26. The molecule has 1 heterocycles. The van der Waals surface area contributed by atoms with Crippen LogP contribution in [-0.4, -0.2) is 21.2 Å². The normalized spacial score (nSPS) is 25.1. The minimum atomic E-state index is -0.778. The number of rotatable bonds is 3. The first-order valence-electron chi connectivity index (χ1n) is 7.18. The second-order valence-electron chi connectivity index (χ2n) is 5.95. The summed E-state index contributed by atoms with van der Waals surface area (Å²) in [5.41, 5.74) is 2.05. The van der Waals surface area contributed by atoms with Gasteiger partial charge < -0.3 is 9.63 Å². The van der Waals surface area contributed by atoms with Crippen molar-refractivity contribution in [3.8, 4) is 11.4 Å². The maximum Gasteiger partial charge on any atom is 0.307 e. The number of aryl methyl sites for hydroxylation is 1. The van der Waals surface area contributed by atoms with Gasteiger partial charge in [-0.2, -0.15) is 4.98 Å². The van der Waals surface area contributed by atoms with E-state index in [4.69, 9.17) is 4.52 Å². The Balaban J connectivity index is 1.87. The highest BCUT2D eigenvalue weighted by atomic mass is 16.5. The van der Waals surface area contributed by atoms with Crippen LogP contribution in [0.15, 0.2) is 28.8 Å². The van der Waals surface area contributed by atoms with Gasteiger partial charge in [-0.1, -0.05) is 41.9 Å². The molecule has 3 unspecified atom stereocenters. The number of carbonyl (C=O) groups is 1. The van der Waals surface area contributed by atoms with E-state index in [1.807, 2.05) is 31.2 Å². The lowest BCUT2D eigenvalue weighted by Gasteiger charge is -2.09. The number of nitrogens with zero attached hydrogens (tertiary/aromatic N) is 2. The third-order valence-electron chi connectivity index (χ3n) is 4.18. The number of benzene rings is 1. The summed E-state index contributed by atoms with van der Waals surface area (Å²) in [6, 6.07) is 7.86. The van der Waals surface area contributed by atoms with Crippen molar-refractivity contribution >= 4 is 5.97 Å². The van der Waals surface area contributed by atoms with Gasteiger partial charge in [0.1, 0.15) is 0 Å². The fourth-order valence-electron chi connectivity index (χ4n) is 3.04. The zero-order valence-electron chi connectivity index (χ0n) is 12.1. The van der Waals surface area contributed by atoms with E-state index in [1.54, 1.807) is 0 Å². The third kappa shape index (κ3) is 2.68. The molecular formula is C16H18N2O3. The van der Waals surface area contributed by atoms with E-state index >= 15 is 0 Å². The summed E-state index contributed by atoms with van der Waals surface area (Å²) in [7, 11) is 0. The molecular weight excluding hydrogens is 268 g/mol. The molecule has 3 rings (SSSR count). The van der Waals surface area contributed by atoms with Crippen molar-refractivity contribution in [2.75, 3.05) is 0 Å². The molecule has 2 aromatic rings. The Kier molecular flexibility index (Phi) is 3.49. The molecule has 0 bridgehead atoms. The van der Waals surface area contributed by atoms with Crippen molar-refractivity contribution in [3.63, 3.8) is 0 Å². The van der Waals surface area contributed by atoms with Gasteiger partial charge in [-0.3, -0.25) is 4.79 Å². The molecule has 1 aliphatic rings. The Morgan fingerprint density at radius 3 is 2.67 bits per heavy atom. The number of hydrogen-bond donors (Lipinski definition) is 1. The predicted molar refractivity (Wildman–Crippen MR) is 76.7 cm³/mol. The van der Waals surface area contributed by atoms with Crippen LogP contribution in [0.3, 0.4) is 0 Å². The Morgan fingerprint density at radius 1 is 1.29 bits per heavy atom. The molecule has 1 aromatic heterocycles. The summed E-state index contributed by atoms with van der Waals surface area (Å²) in [5, 5.41) is 13.3. The van der Waals surface area contributed by atoms with Gasteiger partial charge in [-0.05, 0) is 25.7 Å². The molecule has 0 radical (unpaired) electrons. The number of hydrogen-bond acceptors (Lipinski definition) is 4. The molecule has 1 N–H and O–H groups in total.